The molecule has 0 aliphatic heterocycles. The summed E-state index contributed by atoms with van der Waals surface area (Å²) in [5, 5.41) is 37.3. The van der Waals surface area contributed by atoms with Crippen LogP contribution in [0.1, 0.15) is 41.4 Å². The minimum atomic E-state index is -1.86. The first-order valence-electron chi connectivity index (χ1n) is 5.74. The Balaban J connectivity index is 3.45. The van der Waals surface area contributed by atoms with Crippen LogP contribution < -0.4 is 11.1 Å². The van der Waals surface area contributed by atoms with E-state index in [2.05, 4.69) is 0 Å². The van der Waals surface area contributed by atoms with Crippen molar-refractivity contribution in [1.29, 1.82) is 0 Å². The Bertz CT molecular complexity index is 653. The van der Waals surface area contributed by atoms with Crippen LogP contribution in [0, 0.1) is 0 Å². The smallest absolute Gasteiger partial charge is 0.336 e. The Kier molecular flexibility index (Phi) is 5.16. The minimum Gasteiger partial charge on any atom is -0.478 e. The molecular formula is C12H12N2O8. The van der Waals surface area contributed by atoms with Crippen LogP contribution in [0.25, 0.3) is 0 Å². The predicted octanol–water partition coefficient (Wildman–Crippen LogP) is -1.78. The van der Waals surface area contributed by atoms with E-state index < -0.39 is 58.8 Å². The molecule has 0 bridgehead atoms. The van der Waals surface area contributed by atoms with Gasteiger partial charge in [-0.1, -0.05) is 0 Å². The average molecular weight is 312 g/mol. The molecule has 0 radical (unpaired) electrons. The second-order valence-electron chi connectivity index (χ2n) is 4.11. The molecule has 0 atom stereocenters. The van der Waals surface area contributed by atoms with Gasteiger partial charge in [-0.25, -0.2) is 9.59 Å². The SMILES string of the molecule is NC(=O)c1cc(C(=O)O)c(C(=O)O)cc1C(=O)NCC(O)O. The lowest BCUT2D eigenvalue weighted by molar-refractivity contribution is -0.0361. The fraction of sp³-hybridized carbons (Fsp3) is 0.167. The third kappa shape index (κ3) is 3.77. The molecule has 0 aliphatic carbocycles. The Morgan fingerprint density at radius 2 is 1.41 bits per heavy atom. The van der Waals surface area contributed by atoms with Crippen LogP contribution in [-0.2, 0) is 0 Å². The molecule has 10 heteroatoms. The molecule has 0 unspecified atom stereocenters. The number of aliphatic hydroxyl groups is 2. The summed E-state index contributed by atoms with van der Waals surface area (Å²) in [5.74, 6) is -5.39. The van der Waals surface area contributed by atoms with Crippen molar-refractivity contribution in [3.8, 4) is 0 Å². The first kappa shape index (κ1) is 17.1. The van der Waals surface area contributed by atoms with Crippen molar-refractivity contribution >= 4 is 23.8 Å². The third-order valence-electron chi connectivity index (χ3n) is 2.57. The summed E-state index contributed by atoms with van der Waals surface area (Å²) in [5.41, 5.74) is 2.62. The van der Waals surface area contributed by atoms with Crippen LogP contribution in [-0.4, -0.2) is 57.0 Å². The Morgan fingerprint density at radius 1 is 0.955 bits per heavy atom. The Morgan fingerprint density at radius 3 is 1.77 bits per heavy atom. The Labute approximate surface area is 122 Å². The number of nitrogens with two attached hydrogens (primary N) is 1. The molecule has 1 aromatic carbocycles. The van der Waals surface area contributed by atoms with Gasteiger partial charge in [-0.2, -0.15) is 0 Å². The number of rotatable bonds is 6. The van der Waals surface area contributed by atoms with Gasteiger partial charge < -0.3 is 31.5 Å². The summed E-state index contributed by atoms with van der Waals surface area (Å²) >= 11 is 0. The highest BCUT2D eigenvalue weighted by molar-refractivity contribution is 6.11. The molecule has 0 saturated carbocycles. The topological polar surface area (TPSA) is 187 Å². The van der Waals surface area contributed by atoms with Crippen molar-refractivity contribution in [2.45, 2.75) is 6.29 Å². The van der Waals surface area contributed by atoms with E-state index in [1.54, 1.807) is 0 Å². The van der Waals surface area contributed by atoms with Crippen LogP contribution in [0.15, 0.2) is 12.1 Å². The van der Waals surface area contributed by atoms with Gasteiger partial charge in [0.15, 0.2) is 6.29 Å². The summed E-state index contributed by atoms with van der Waals surface area (Å²) in [4.78, 5) is 45.2. The number of carbonyl (C=O) groups excluding carboxylic acids is 2. The number of amides is 2. The molecule has 10 nitrogen and oxygen atoms in total. The van der Waals surface area contributed by atoms with Gasteiger partial charge in [-0.15, -0.1) is 0 Å². The summed E-state index contributed by atoms with van der Waals surface area (Å²) in [7, 11) is 0. The molecule has 0 fully saturated rings. The number of benzene rings is 1. The maximum Gasteiger partial charge on any atom is 0.336 e. The second-order valence-corrected chi connectivity index (χ2v) is 4.11. The zero-order valence-corrected chi connectivity index (χ0v) is 10.9. The Hall–Kier alpha value is -2.98. The summed E-state index contributed by atoms with van der Waals surface area (Å²) < 4.78 is 0. The summed E-state index contributed by atoms with van der Waals surface area (Å²) in [6, 6.07) is 1.36. The lowest BCUT2D eigenvalue weighted by Crippen LogP contribution is -2.33. The number of nitrogens with one attached hydrogen (secondary N) is 1. The highest BCUT2D eigenvalue weighted by Crippen LogP contribution is 2.18. The lowest BCUT2D eigenvalue weighted by Gasteiger charge is -2.12. The van der Waals surface area contributed by atoms with Crippen LogP contribution in [0.5, 0.6) is 0 Å². The number of aromatic carboxylic acids is 2. The molecule has 0 spiro atoms. The molecule has 2 amide bonds. The number of aliphatic hydroxyl groups excluding tert-OH is 1. The maximum absolute atomic E-state index is 11.8. The molecule has 118 valence electrons. The van der Waals surface area contributed by atoms with Crippen molar-refractivity contribution in [3.63, 3.8) is 0 Å². The van der Waals surface area contributed by atoms with Crippen molar-refractivity contribution in [2.75, 3.05) is 6.54 Å². The molecule has 0 saturated heterocycles. The van der Waals surface area contributed by atoms with E-state index >= 15 is 0 Å². The molecule has 0 aliphatic rings. The zero-order chi connectivity index (χ0) is 17.0. The van der Waals surface area contributed by atoms with Crippen LogP contribution >= 0.6 is 0 Å². The van der Waals surface area contributed by atoms with Gasteiger partial charge in [0.25, 0.3) is 5.91 Å². The van der Waals surface area contributed by atoms with E-state index in [1.165, 1.54) is 0 Å². The van der Waals surface area contributed by atoms with E-state index in [4.69, 9.17) is 26.2 Å². The van der Waals surface area contributed by atoms with Gasteiger partial charge in [-0.3, -0.25) is 9.59 Å². The van der Waals surface area contributed by atoms with Crippen molar-refractivity contribution in [1.82, 2.24) is 5.32 Å². The number of primary amides is 1. The average Bonchev–Trinajstić information content (AvgIpc) is 2.42. The molecule has 7 N–H and O–H groups in total. The fourth-order valence-electron chi connectivity index (χ4n) is 1.62. The third-order valence-corrected chi connectivity index (χ3v) is 2.57. The quantitative estimate of drug-likeness (QED) is 0.332. The molecule has 0 aromatic heterocycles. The first-order valence-corrected chi connectivity index (χ1v) is 5.74. The zero-order valence-electron chi connectivity index (χ0n) is 10.9. The normalized spacial score (nSPS) is 10.3. The molecule has 22 heavy (non-hydrogen) atoms. The second kappa shape index (κ2) is 6.65. The molecular weight excluding hydrogens is 300 g/mol. The number of carboxylic acid groups (broad SMARTS) is 2. The van der Waals surface area contributed by atoms with Gasteiger partial charge in [0, 0.05) is 0 Å². The fourth-order valence-corrected chi connectivity index (χ4v) is 1.62. The van der Waals surface area contributed by atoms with Gasteiger partial charge in [-0.05, 0) is 12.1 Å². The monoisotopic (exact) mass is 312 g/mol. The largest absolute Gasteiger partial charge is 0.478 e. The van der Waals surface area contributed by atoms with Crippen molar-refractivity contribution < 1.29 is 39.6 Å². The molecule has 0 heterocycles. The van der Waals surface area contributed by atoms with Crippen molar-refractivity contribution in [3.05, 3.63) is 34.4 Å². The highest BCUT2D eigenvalue weighted by Gasteiger charge is 2.24. The highest BCUT2D eigenvalue weighted by atomic mass is 16.5. The first-order chi connectivity index (χ1) is 10.1. The maximum atomic E-state index is 11.8. The van der Waals surface area contributed by atoms with E-state index in [0.717, 1.165) is 0 Å². The van der Waals surface area contributed by atoms with Crippen LogP contribution in [0.4, 0.5) is 0 Å². The number of carboxylic acids is 2. The predicted molar refractivity (Wildman–Crippen MR) is 69.4 cm³/mol. The van der Waals surface area contributed by atoms with Gasteiger partial charge in [0.2, 0.25) is 5.91 Å². The van der Waals surface area contributed by atoms with Gasteiger partial charge >= 0.3 is 11.9 Å². The van der Waals surface area contributed by atoms with Gasteiger partial charge in [0.1, 0.15) is 0 Å². The molecule has 1 aromatic rings. The van der Waals surface area contributed by atoms with Crippen LogP contribution in [0.2, 0.25) is 0 Å². The standard InChI is InChI=1S/C12H12N2O8/c13-9(17)4-1-6(11(19)20)7(12(21)22)2-5(4)10(18)14-3-8(15)16/h1-2,8,15-16H,3H2,(H2,13,17)(H,14,18)(H,19,20)(H,21,22). The lowest BCUT2D eigenvalue weighted by atomic mass is 9.97. The summed E-state index contributed by atoms with van der Waals surface area (Å²) in [6.07, 6.45) is -1.86. The van der Waals surface area contributed by atoms with E-state index in [-0.39, 0.29) is 0 Å². The number of hydrogen-bond donors (Lipinski definition) is 6. The van der Waals surface area contributed by atoms with Crippen molar-refractivity contribution in [2.24, 2.45) is 5.73 Å². The van der Waals surface area contributed by atoms with E-state index in [9.17, 15) is 19.2 Å². The number of hydrogen-bond acceptors (Lipinski definition) is 6. The minimum absolute atomic E-state index is 0.490. The van der Waals surface area contributed by atoms with Crippen LogP contribution in [0.3, 0.4) is 0 Å². The summed E-state index contributed by atoms with van der Waals surface area (Å²) in [6.45, 7) is -0.583. The van der Waals surface area contributed by atoms with Gasteiger partial charge in [0.05, 0.1) is 28.8 Å². The number of carbonyl (C=O) groups is 4. The molecule has 1 rings (SSSR count). The van der Waals surface area contributed by atoms with E-state index in [0.29, 0.717) is 12.1 Å². The van der Waals surface area contributed by atoms with E-state index in [1.807, 2.05) is 5.32 Å².